The number of ether oxygens (including phenoxy) is 2. The van der Waals surface area contributed by atoms with Crippen molar-refractivity contribution < 1.29 is 22.6 Å². The van der Waals surface area contributed by atoms with E-state index < -0.39 is 18.6 Å². The summed E-state index contributed by atoms with van der Waals surface area (Å²) in [6.07, 6.45) is -4.54. The van der Waals surface area contributed by atoms with E-state index in [1.54, 1.807) is 12.1 Å². The SMILES string of the molecule is COc1ccc(NCC(C#N)C(F)(F)F)cc1OC. The minimum absolute atomic E-state index is 0.396. The minimum Gasteiger partial charge on any atom is -0.493 e. The Kier molecular flexibility index (Phi) is 4.87. The van der Waals surface area contributed by atoms with E-state index in [1.807, 2.05) is 0 Å². The van der Waals surface area contributed by atoms with Gasteiger partial charge < -0.3 is 14.8 Å². The van der Waals surface area contributed by atoms with Crippen LogP contribution in [0.1, 0.15) is 0 Å². The molecule has 0 heterocycles. The van der Waals surface area contributed by atoms with Gasteiger partial charge in [-0.05, 0) is 12.1 Å². The molecule has 0 aliphatic rings. The smallest absolute Gasteiger partial charge is 0.406 e. The van der Waals surface area contributed by atoms with E-state index in [1.165, 1.54) is 26.4 Å². The zero-order valence-corrected chi connectivity index (χ0v) is 10.4. The maximum absolute atomic E-state index is 12.4. The Labute approximate surface area is 108 Å². The molecule has 1 rings (SSSR count). The van der Waals surface area contributed by atoms with Crippen LogP contribution in [0.25, 0.3) is 0 Å². The Hall–Kier alpha value is -2.10. The van der Waals surface area contributed by atoms with E-state index >= 15 is 0 Å². The molecule has 1 aromatic carbocycles. The normalized spacial score (nSPS) is 12.4. The van der Waals surface area contributed by atoms with E-state index in [4.69, 9.17) is 14.7 Å². The third-order valence-corrected chi connectivity index (χ3v) is 2.44. The van der Waals surface area contributed by atoms with Gasteiger partial charge in [-0.2, -0.15) is 18.4 Å². The first-order valence-corrected chi connectivity index (χ1v) is 5.34. The number of rotatable bonds is 5. The fourth-order valence-electron chi connectivity index (χ4n) is 1.40. The van der Waals surface area contributed by atoms with E-state index in [-0.39, 0.29) is 0 Å². The van der Waals surface area contributed by atoms with Crippen molar-refractivity contribution in [2.45, 2.75) is 6.18 Å². The molecule has 104 valence electrons. The second kappa shape index (κ2) is 6.18. The van der Waals surface area contributed by atoms with Gasteiger partial charge in [0.25, 0.3) is 0 Å². The molecule has 0 aromatic heterocycles. The Balaban J connectivity index is 2.76. The quantitative estimate of drug-likeness (QED) is 0.897. The van der Waals surface area contributed by atoms with Crippen LogP contribution in [0, 0.1) is 17.2 Å². The first kappa shape index (κ1) is 15.0. The van der Waals surface area contributed by atoms with Crippen LogP contribution in [-0.2, 0) is 0 Å². The summed E-state index contributed by atoms with van der Waals surface area (Å²) in [5.74, 6) is -1.19. The number of anilines is 1. The van der Waals surface area contributed by atoms with Gasteiger partial charge >= 0.3 is 6.18 Å². The van der Waals surface area contributed by atoms with Crippen molar-refractivity contribution >= 4 is 5.69 Å². The van der Waals surface area contributed by atoms with Gasteiger partial charge in [-0.15, -0.1) is 0 Å². The van der Waals surface area contributed by atoms with E-state index in [2.05, 4.69) is 5.32 Å². The highest BCUT2D eigenvalue weighted by atomic mass is 19.4. The molecule has 1 N–H and O–H groups in total. The van der Waals surface area contributed by atoms with Crippen molar-refractivity contribution in [3.8, 4) is 17.6 Å². The molecule has 0 aliphatic carbocycles. The van der Waals surface area contributed by atoms with E-state index in [0.717, 1.165) is 0 Å². The lowest BCUT2D eigenvalue weighted by Gasteiger charge is -2.15. The van der Waals surface area contributed by atoms with Gasteiger partial charge in [0.15, 0.2) is 17.4 Å². The largest absolute Gasteiger partial charge is 0.493 e. The maximum atomic E-state index is 12.4. The maximum Gasteiger partial charge on any atom is 0.406 e. The highest BCUT2D eigenvalue weighted by molar-refractivity contribution is 5.54. The highest BCUT2D eigenvalue weighted by Gasteiger charge is 2.39. The molecular formula is C12H13F3N2O2. The highest BCUT2D eigenvalue weighted by Crippen LogP contribution is 2.31. The molecule has 0 saturated carbocycles. The van der Waals surface area contributed by atoms with Gasteiger partial charge in [-0.1, -0.05) is 0 Å². The van der Waals surface area contributed by atoms with Gasteiger partial charge in [0.2, 0.25) is 0 Å². The van der Waals surface area contributed by atoms with Gasteiger partial charge in [0.1, 0.15) is 0 Å². The molecule has 0 fully saturated rings. The number of nitrogens with one attached hydrogen (secondary N) is 1. The van der Waals surface area contributed by atoms with Crippen LogP contribution in [0.3, 0.4) is 0 Å². The second-order valence-corrected chi connectivity index (χ2v) is 3.67. The molecule has 7 heteroatoms. The lowest BCUT2D eigenvalue weighted by molar-refractivity contribution is -0.155. The molecule has 0 radical (unpaired) electrons. The van der Waals surface area contributed by atoms with Crippen LogP contribution in [0.15, 0.2) is 18.2 Å². The van der Waals surface area contributed by atoms with Crippen molar-refractivity contribution in [3.05, 3.63) is 18.2 Å². The van der Waals surface area contributed by atoms with E-state index in [0.29, 0.717) is 17.2 Å². The molecular weight excluding hydrogens is 261 g/mol. The summed E-state index contributed by atoms with van der Waals surface area (Å²) < 4.78 is 47.2. The number of hydrogen-bond donors (Lipinski definition) is 1. The van der Waals surface area contributed by atoms with Crippen LogP contribution < -0.4 is 14.8 Å². The van der Waals surface area contributed by atoms with Crippen LogP contribution in [0.4, 0.5) is 18.9 Å². The average Bonchev–Trinajstić information content (AvgIpc) is 2.37. The zero-order valence-electron chi connectivity index (χ0n) is 10.4. The first-order valence-electron chi connectivity index (χ1n) is 5.34. The summed E-state index contributed by atoms with van der Waals surface area (Å²) in [5.41, 5.74) is 0.419. The summed E-state index contributed by atoms with van der Waals surface area (Å²) in [5, 5.41) is 11.0. The Morgan fingerprint density at radius 3 is 2.37 bits per heavy atom. The molecule has 19 heavy (non-hydrogen) atoms. The van der Waals surface area contributed by atoms with Crippen molar-refractivity contribution in [2.24, 2.45) is 5.92 Å². The molecule has 0 saturated heterocycles. The van der Waals surface area contributed by atoms with Crippen molar-refractivity contribution in [3.63, 3.8) is 0 Å². The standard InChI is InChI=1S/C12H13F3N2O2/c1-18-10-4-3-9(5-11(10)19-2)17-7-8(6-16)12(13,14)15/h3-5,8,17H,7H2,1-2H3. The zero-order chi connectivity index (χ0) is 14.5. The van der Waals surface area contributed by atoms with Crippen LogP contribution in [0.2, 0.25) is 0 Å². The summed E-state index contributed by atoms with van der Waals surface area (Å²) in [6.45, 7) is -0.518. The number of nitriles is 1. The van der Waals surface area contributed by atoms with Gasteiger partial charge in [0, 0.05) is 18.3 Å². The number of hydrogen-bond acceptors (Lipinski definition) is 4. The minimum atomic E-state index is -4.54. The van der Waals surface area contributed by atoms with Crippen LogP contribution in [0.5, 0.6) is 11.5 Å². The van der Waals surface area contributed by atoms with Crippen molar-refractivity contribution in [1.82, 2.24) is 0 Å². The van der Waals surface area contributed by atoms with Gasteiger partial charge in [-0.25, -0.2) is 0 Å². The second-order valence-electron chi connectivity index (χ2n) is 3.67. The van der Waals surface area contributed by atoms with Gasteiger partial charge in [-0.3, -0.25) is 0 Å². The number of halogens is 3. The number of nitrogens with zero attached hydrogens (tertiary/aromatic N) is 1. The Morgan fingerprint density at radius 2 is 1.89 bits per heavy atom. The third kappa shape index (κ3) is 3.95. The molecule has 0 spiro atoms. The number of benzene rings is 1. The van der Waals surface area contributed by atoms with Crippen LogP contribution in [-0.4, -0.2) is 26.9 Å². The lowest BCUT2D eigenvalue weighted by Crippen LogP contribution is -2.28. The monoisotopic (exact) mass is 274 g/mol. The number of methoxy groups -OCH3 is 2. The van der Waals surface area contributed by atoms with Crippen LogP contribution >= 0.6 is 0 Å². The summed E-state index contributed by atoms with van der Waals surface area (Å²) in [4.78, 5) is 0. The molecule has 1 unspecified atom stereocenters. The molecule has 4 nitrogen and oxygen atoms in total. The van der Waals surface area contributed by atoms with Crippen molar-refractivity contribution in [2.75, 3.05) is 26.1 Å². The predicted molar refractivity (Wildman–Crippen MR) is 63.2 cm³/mol. The molecule has 0 aliphatic heterocycles. The Morgan fingerprint density at radius 1 is 1.26 bits per heavy atom. The molecule has 0 bridgehead atoms. The predicted octanol–water partition coefficient (Wildman–Crippen LogP) is 2.82. The average molecular weight is 274 g/mol. The Bertz CT molecular complexity index is 469. The van der Waals surface area contributed by atoms with Crippen molar-refractivity contribution in [1.29, 1.82) is 5.26 Å². The molecule has 1 atom stereocenters. The third-order valence-electron chi connectivity index (χ3n) is 2.44. The first-order chi connectivity index (χ1) is 8.92. The molecule has 0 amide bonds. The summed E-state index contributed by atoms with van der Waals surface area (Å²) in [7, 11) is 2.88. The number of alkyl halides is 3. The topological polar surface area (TPSA) is 54.3 Å². The molecule has 1 aromatic rings. The van der Waals surface area contributed by atoms with Gasteiger partial charge in [0.05, 0.1) is 20.3 Å². The van der Waals surface area contributed by atoms with E-state index in [9.17, 15) is 13.2 Å². The fourth-order valence-corrected chi connectivity index (χ4v) is 1.40. The fraction of sp³-hybridized carbons (Fsp3) is 0.417. The summed E-state index contributed by atoms with van der Waals surface area (Å²) in [6, 6.07) is 5.84. The summed E-state index contributed by atoms with van der Waals surface area (Å²) >= 11 is 0. The lowest BCUT2D eigenvalue weighted by atomic mass is 10.1.